The number of amides is 1. The molecule has 1 aromatic heterocycles. The van der Waals surface area contributed by atoms with Gasteiger partial charge in [-0.3, -0.25) is 9.69 Å². The molecule has 0 fully saturated rings. The summed E-state index contributed by atoms with van der Waals surface area (Å²) in [6.07, 6.45) is 0.813. The number of aromatic nitrogens is 3. The van der Waals surface area contributed by atoms with Crippen LogP contribution in [0.5, 0.6) is 11.5 Å². The lowest BCUT2D eigenvalue weighted by Crippen LogP contribution is -2.30. The molecular formula is C24H29N5O3. The lowest BCUT2D eigenvalue weighted by Gasteiger charge is -2.20. The van der Waals surface area contributed by atoms with Crippen molar-refractivity contribution in [3.8, 4) is 11.5 Å². The SMILES string of the molecule is COc1cccc(CN2CCc3nnc([C@@H](C)NC(=O)c4cccc(OC)c4)n3CC2)c1. The Kier molecular flexibility index (Phi) is 6.70. The third-order valence-electron chi connectivity index (χ3n) is 5.75. The minimum Gasteiger partial charge on any atom is -0.497 e. The van der Waals surface area contributed by atoms with Crippen LogP contribution >= 0.6 is 0 Å². The predicted octanol–water partition coefficient (Wildman–Crippen LogP) is 2.84. The van der Waals surface area contributed by atoms with Crippen LogP contribution in [0.15, 0.2) is 48.5 Å². The highest BCUT2D eigenvalue weighted by atomic mass is 16.5. The molecule has 8 nitrogen and oxygen atoms in total. The largest absolute Gasteiger partial charge is 0.497 e. The van der Waals surface area contributed by atoms with E-state index in [-0.39, 0.29) is 11.9 Å². The van der Waals surface area contributed by atoms with Gasteiger partial charge in [0.1, 0.15) is 17.3 Å². The third-order valence-corrected chi connectivity index (χ3v) is 5.75. The van der Waals surface area contributed by atoms with E-state index in [0.29, 0.717) is 11.3 Å². The average molecular weight is 436 g/mol. The first-order valence-corrected chi connectivity index (χ1v) is 10.8. The predicted molar refractivity (Wildman–Crippen MR) is 121 cm³/mol. The maximum atomic E-state index is 12.7. The van der Waals surface area contributed by atoms with E-state index in [1.807, 2.05) is 25.1 Å². The maximum absolute atomic E-state index is 12.7. The van der Waals surface area contributed by atoms with Crippen LogP contribution in [-0.4, -0.2) is 52.9 Å². The molecule has 8 heteroatoms. The minimum atomic E-state index is -0.264. The highest BCUT2D eigenvalue weighted by molar-refractivity contribution is 5.94. The van der Waals surface area contributed by atoms with E-state index in [9.17, 15) is 4.79 Å². The monoisotopic (exact) mass is 435 g/mol. The molecule has 1 amide bonds. The molecule has 0 aliphatic carbocycles. The Morgan fingerprint density at radius 1 is 1.03 bits per heavy atom. The van der Waals surface area contributed by atoms with Gasteiger partial charge >= 0.3 is 0 Å². The van der Waals surface area contributed by atoms with E-state index in [1.165, 1.54) is 5.56 Å². The minimum absolute atomic E-state index is 0.165. The Morgan fingerprint density at radius 2 is 1.78 bits per heavy atom. The van der Waals surface area contributed by atoms with Gasteiger partial charge in [0.2, 0.25) is 0 Å². The van der Waals surface area contributed by atoms with E-state index in [2.05, 4.69) is 37.1 Å². The molecule has 2 heterocycles. The molecule has 0 spiro atoms. The van der Waals surface area contributed by atoms with Gasteiger partial charge in [-0.25, -0.2) is 0 Å². The van der Waals surface area contributed by atoms with Gasteiger partial charge in [-0.2, -0.15) is 0 Å². The summed E-state index contributed by atoms with van der Waals surface area (Å²) in [6, 6.07) is 15.0. The highest BCUT2D eigenvalue weighted by Crippen LogP contribution is 2.19. The van der Waals surface area contributed by atoms with Gasteiger partial charge in [-0.1, -0.05) is 18.2 Å². The van der Waals surface area contributed by atoms with E-state index in [4.69, 9.17) is 9.47 Å². The number of benzene rings is 2. The summed E-state index contributed by atoms with van der Waals surface area (Å²) in [5, 5.41) is 11.8. The van der Waals surface area contributed by atoms with Gasteiger partial charge in [-0.05, 0) is 42.8 Å². The Balaban J connectivity index is 1.41. The van der Waals surface area contributed by atoms with Crippen molar-refractivity contribution in [2.75, 3.05) is 27.3 Å². The second kappa shape index (κ2) is 9.82. The molecule has 168 valence electrons. The van der Waals surface area contributed by atoms with Crippen LogP contribution in [0.4, 0.5) is 0 Å². The van der Waals surface area contributed by atoms with E-state index in [0.717, 1.165) is 50.0 Å². The van der Waals surface area contributed by atoms with Gasteiger partial charge in [-0.15, -0.1) is 10.2 Å². The van der Waals surface area contributed by atoms with Crippen LogP contribution < -0.4 is 14.8 Å². The average Bonchev–Trinajstić information content (AvgIpc) is 3.13. The topological polar surface area (TPSA) is 81.5 Å². The molecule has 0 bridgehead atoms. The zero-order valence-corrected chi connectivity index (χ0v) is 18.7. The number of nitrogens with one attached hydrogen (secondary N) is 1. The second-order valence-electron chi connectivity index (χ2n) is 7.93. The first-order chi connectivity index (χ1) is 15.6. The molecule has 4 rings (SSSR count). The van der Waals surface area contributed by atoms with Crippen molar-refractivity contribution in [3.63, 3.8) is 0 Å². The fourth-order valence-electron chi connectivity index (χ4n) is 4.01. The summed E-state index contributed by atoms with van der Waals surface area (Å²) < 4.78 is 12.7. The quantitative estimate of drug-likeness (QED) is 0.615. The number of fused-ring (bicyclic) bond motifs is 1. The summed E-state index contributed by atoms with van der Waals surface area (Å²) in [4.78, 5) is 15.1. The molecule has 3 aromatic rings. The van der Waals surface area contributed by atoms with Crippen LogP contribution in [0.1, 0.15) is 40.5 Å². The zero-order chi connectivity index (χ0) is 22.5. The van der Waals surface area contributed by atoms with Crippen molar-refractivity contribution in [1.82, 2.24) is 25.0 Å². The fourth-order valence-corrected chi connectivity index (χ4v) is 4.01. The number of nitrogens with zero attached hydrogens (tertiary/aromatic N) is 4. The highest BCUT2D eigenvalue weighted by Gasteiger charge is 2.23. The fraction of sp³-hybridized carbons (Fsp3) is 0.375. The lowest BCUT2D eigenvalue weighted by molar-refractivity contribution is 0.0937. The maximum Gasteiger partial charge on any atom is 0.251 e. The molecule has 0 radical (unpaired) electrons. The molecule has 1 aliphatic rings. The van der Waals surface area contributed by atoms with Gasteiger partial charge in [0.05, 0.1) is 20.3 Å². The number of carbonyl (C=O) groups excluding carboxylic acids is 1. The third kappa shape index (κ3) is 4.91. The van der Waals surface area contributed by atoms with Gasteiger partial charge in [0, 0.05) is 38.2 Å². The second-order valence-corrected chi connectivity index (χ2v) is 7.93. The van der Waals surface area contributed by atoms with Crippen molar-refractivity contribution >= 4 is 5.91 Å². The lowest BCUT2D eigenvalue weighted by atomic mass is 10.2. The number of carbonyl (C=O) groups is 1. The molecule has 1 aliphatic heterocycles. The van der Waals surface area contributed by atoms with Gasteiger partial charge in [0.15, 0.2) is 5.82 Å². The number of methoxy groups -OCH3 is 2. The number of hydrogen-bond donors (Lipinski definition) is 1. The number of hydrogen-bond acceptors (Lipinski definition) is 6. The van der Waals surface area contributed by atoms with Crippen molar-refractivity contribution < 1.29 is 14.3 Å². The molecule has 0 unspecified atom stereocenters. The Bertz CT molecular complexity index is 1080. The molecule has 0 saturated carbocycles. The summed E-state index contributed by atoms with van der Waals surface area (Å²) in [5.41, 5.74) is 1.78. The molecule has 1 atom stereocenters. The van der Waals surface area contributed by atoms with Crippen LogP contribution in [0.25, 0.3) is 0 Å². The van der Waals surface area contributed by atoms with Crippen molar-refractivity contribution in [3.05, 3.63) is 71.3 Å². The van der Waals surface area contributed by atoms with E-state index >= 15 is 0 Å². The van der Waals surface area contributed by atoms with Crippen molar-refractivity contribution in [2.24, 2.45) is 0 Å². The van der Waals surface area contributed by atoms with E-state index < -0.39 is 0 Å². The van der Waals surface area contributed by atoms with Crippen LogP contribution in [-0.2, 0) is 19.5 Å². The van der Waals surface area contributed by atoms with Crippen LogP contribution in [0.3, 0.4) is 0 Å². The van der Waals surface area contributed by atoms with Crippen LogP contribution in [0.2, 0.25) is 0 Å². The Hall–Kier alpha value is -3.39. The van der Waals surface area contributed by atoms with Crippen molar-refractivity contribution in [2.45, 2.75) is 32.5 Å². The number of rotatable bonds is 7. The molecule has 0 saturated heterocycles. The summed E-state index contributed by atoms with van der Waals surface area (Å²) in [6.45, 7) is 5.36. The smallest absolute Gasteiger partial charge is 0.251 e. The first kappa shape index (κ1) is 21.8. The molecular weight excluding hydrogens is 406 g/mol. The van der Waals surface area contributed by atoms with Crippen LogP contribution in [0, 0.1) is 0 Å². The summed E-state index contributed by atoms with van der Waals surface area (Å²) in [7, 11) is 3.27. The molecule has 32 heavy (non-hydrogen) atoms. The Labute approximate surface area is 188 Å². The molecule has 1 N–H and O–H groups in total. The first-order valence-electron chi connectivity index (χ1n) is 10.8. The Morgan fingerprint density at radius 3 is 2.56 bits per heavy atom. The number of ether oxygens (including phenoxy) is 2. The zero-order valence-electron chi connectivity index (χ0n) is 18.7. The molecule has 2 aromatic carbocycles. The summed E-state index contributed by atoms with van der Waals surface area (Å²) in [5.74, 6) is 3.09. The van der Waals surface area contributed by atoms with E-state index in [1.54, 1.807) is 32.4 Å². The normalized spacial score (nSPS) is 14.8. The standard InChI is InChI=1S/C24H29N5O3/c1-17(25-24(30)19-7-5-9-21(15-19)32-3)23-27-26-22-10-11-28(12-13-29(22)23)16-18-6-4-8-20(14-18)31-2/h4-9,14-15,17H,10-13,16H2,1-3H3,(H,25,30)/t17-/m1/s1. The summed E-state index contributed by atoms with van der Waals surface area (Å²) >= 11 is 0. The van der Waals surface area contributed by atoms with Gasteiger partial charge in [0.25, 0.3) is 5.91 Å². The van der Waals surface area contributed by atoms with Crippen molar-refractivity contribution in [1.29, 1.82) is 0 Å². The van der Waals surface area contributed by atoms with Gasteiger partial charge < -0.3 is 19.4 Å².